The molecule has 0 bridgehead atoms. The van der Waals surface area contributed by atoms with Crippen LogP contribution >= 0.6 is 0 Å². The highest BCUT2D eigenvalue weighted by molar-refractivity contribution is 7.91. The number of fused-ring (bicyclic) bond motifs is 1. The van der Waals surface area contributed by atoms with Gasteiger partial charge in [0.25, 0.3) is 6.43 Å². The van der Waals surface area contributed by atoms with Gasteiger partial charge in [0.15, 0.2) is 9.84 Å². The van der Waals surface area contributed by atoms with Crippen molar-refractivity contribution in [3.8, 4) is 0 Å². The molecule has 4 rings (SSSR count). The van der Waals surface area contributed by atoms with Gasteiger partial charge in [-0.05, 0) is 38.5 Å². The topological polar surface area (TPSA) is 84.3 Å². The molecule has 1 N–H and O–H groups in total. The molecular formula is C18H26F2N4O3S. The van der Waals surface area contributed by atoms with Crippen molar-refractivity contribution in [1.82, 2.24) is 14.7 Å². The van der Waals surface area contributed by atoms with E-state index in [1.54, 1.807) is 17.9 Å². The first kappa shape index (κ1) is 19.6. The van der Waals surface area contributed by atoms with Crippen LogP contribution in [0.1, 0.15) is 37.4 Å². The van der Waals surface area contributed by atoms with E-state index in [1.165, 1.54) is 4.68 Å². The number of hydrogen-bond acceptors (Lipinski definition) is 5. The number of halogens is 2. The van der Waals surface area contributed by atoms with Crippen LogP contribution in [-0.4, -0.2) is 66.1 Å². The quantitative estimate of drug-likeness (QED) is 0.813. The van der Waals surface area contributed by atoms with E-state index in [9.17, 15) is 22.0 Å². The van der Waals surface area contributed by atoms with Crippen LogP contribution in [0.5, 0.6) is 0 Å². The van der Waals surface area contributed by atoms with Crippen LogP contribution in [0.15, 0.2) is 6.07 Å². The molecule has 3 aliphatic heterocycles. The summed E-state index contributed by atoms with van der Waals surface area (Å²) in [5, 5.41) is 7.54. The standard InChI is InChI=1S/C18H26F2N4O3S/c1-11-7-16-21-14(8-15(17(19)20)24(16)22-11)12-3-2-5-23(9-12)18(25)13-4-6-28(26,27)10-13/h7,12-15,17,21H,2-6,8-10H2,1H3/t12?,13?,14-,15+/m0/s1. The predicted octanol–water partition coefficient (Wildman–Crippen LogP) is 1.86. The number of sulfone groups is 1. The fourth-order valence-corrected chi connectivity index (χ4v) is 6.53. The molecule has 1 amide bonds. The maximum atomic E-state index is 13.6. The second-order valence-electron chi connectivity index (χ2n) is 8.29. The first-order valence-electron chi connectivity index (χ1n) is 9.83. The average molecular weight is 416 g/mol. The van der Waals surface area contributed by atoms with Gasteiger partial charge in [0.2, 0.25) is 5.91 Å². The number of aromatic nitrogens is 2. The van der Waals surface area contributed by atoms with Gasteiger partial charge < -0.3 is 10.2 Å². The summed E-state index contributed by atoms with van der Waals surface area (Å²) in [5.74, 6) is 0.101. The molecule has 0 aromatic carbocycles. The zero-order chi connectivity index (χ0) is 20.1. The van der Waals surface area contributed by atoms with Crippen LogP contribution in [0.4, 0.5) is 14.6 Å². The lowest BCUT2D eigenvalue weighted by atomic mass is 9.85. The van der Waals surface area contributed by atoms with Crippen molar-refractivity contribution in [2.45, 2.75) is 51.1 Å². The Labute approximate surface area is 163 Å². The van der Waals surface area contributed by atoms with Gasteiger partial charge in [0.05, 0.1) is 23.1 Å². The minimum absolute atomic E-state index is 0.0564. The largest absolute Gasteiger partial charge is 0.367 e. The molecular weight excluding hydrogens is 390 g/mol. The van der Waals surface area contributed by atoms with Crippen molar-refractivity contribution < 1.29 is 22.0 Å². The molecule has 2 saturated heterocycles. The normalized spacial score (nSPS) is 32.2. The molecule has 10 heteroatoms. The summed E-state index contributed by atoms with van der Waals surface area (Å²) in [7, 11) is -3.11. The molecule has 4 atom stereocenters. The zero-order valence-electron chi connectivity index (χ0n) is 15.9. The number of likely N-dealkylation sites (tertiary alicyclic amines) is 1. The Hall–Kier alpha value is -1.71. The minimum atomic E-state index is -3.11. The molecule has 0 saturated carbocycles. The highest BCUT2D eigenvalue weighted by Crippen LogP contribution is 2.37. The summed E-state index contributed by atoms with van der Waals surface area (Å²) in [5.41, 5.74) is 0.691. The van der Waals surface area contributed by atoms with Gasteiger partial charge in [0, 0.05) is 25.2 Å². The molecule has 0 spiro atoms. The molecule has 156 valence electrons. The summed E-state index contributed by atoms with van der Waals surface area (Å²) >= 11 is 0. The van der Waals surface area contributed by atoms with Gasteiger partial charge in [-0.2, -0.15) is 5.10 Å². The Morgan fingerprint density at radius 3 is 2.82 bits per heavy atom. The second kappa shape index (κ2) is 7.27. The predicted molar refractivity (Wildman–Crippen MR) is 100 cm³/mol. The Morgan fingerprint density at radius 1 is 1.36 bits per heavy atom. The maximum Gasteiger partial charge on any atom is 0.260 e. The number of carbonyl (C=O) groups excluding carboxylic acids is 1. The van der Waals surface area contributed by atoms with E-state index in [0.29, 0.717) is 31.0 Å². The lowest BCUT2D eigenvalue weighted by Crippen LogP contribution is -2.49. The van der Waals surface area contributed by atoms with Gasteiger partial charge in [-0.25, -0.2) is 21.9 Å². The molecule has 3 aliphatic rings. The highest BCUT2D eigenvalue weighted by Gasteiger charge is 2.41. The van der Waals surface area contributed by atoms with Gasteiger partial charge >= 0.3 is 0 Å². The number of hydrogen-bond donors (Lipinski definition) is 1. The van der Waals surface area contributed by atoms with E-state index in [0.717, 1.165) is 12.8 Å². The van der Waals surface area contributed by atoms with E-state index in [-0.39, 0.29) is 35.8 Å². The number of aryl methyl sites for hydroxylation is 1. The fraction of sp³-hybridized carbons (Fsp3) is 0.778. The minimum Gasteiger partial charge on any atom is -0.367 e. The van der Waals surface area contributed by atoms with Crippen molar-refractivity contribution in [1.29, 1.82) is 0 Å². The summed E-state index contributed by atoms with van der Waals surface area (Å²) in [6, 6.07) is 0.642. The number of alkyl halides is 2. The van der Waals surface area contributed by atoms with E-state index < -0.39 is 28.2 Å². The fourth-order valence-electron chi connectivity index (χ4n) is 4.79. The summed E-state index contributed by atoms with van der Waals surface area (Å²) in [4.78, 5) is 14.5. The molecule has 2 fully saturated rings. The zero-order valence-corrected chi connectivity index (χ0v) is 16.7. The highest BCUT2D eigenvalue weighted by atomic mass is 32.2. The monoisotopic (exact) mass is 416 g/mol. The lowest BCUT2D eigenvalue weighted by Gasteiger charge is -2.41. The summed E-state index contributed by atoms with van der Waals surface area (Å²) in [6.07, 6.45) is -0.210. The van der Waals surface area contributed by atoms with Crippen molar-refractivity contribution in [2.75, 3.05) is 29.9 Å². The molecule has 2 unspecified atom stereocenters. The second-order valence-corrected chi connectivity index (χ2v) is 10.5. The number of rotatable bonds is 3. The molecule has 28 heavy (non-hydrogen) atoms. The number of carbonyl (C=O) groups is 1. The summed E-state index contributed by atoms with van der Waals surface area (Å²) in [6.45, 7) is 2.87. The van der Waals surface area contributed by atoms with E-state index in [1.807, 2.05) is 0 Å². The molecule has 1 aromatic heterocycles. The smallest absolute Gasteiger partial charge is 0.260 e. The van der Waals surface area contributed by atoms with Crippen molar-refractivity contribution in [2.24, 2.45) is 11.8 Å². The van der Waals surface area contributed by atoms with E-state index >= 15 is 0 Å². The Balaban J connectivity index is 1.47. The van der Waals surface area contributed by atoms with Gasteiger partial charge in [-0.3, -0.25) is 4.79 Å². The Morgan fingerprint density at radius 2 is 2.14 bits per heavy atom. The number of nitrogens with one attached hydrogen (secondary N) is 1. The lowest BCUT2D eigenvalue weighted by molar-refractivity contribution is -0.136. The van der Waals surface area contributed by atoms with Gasteiger partial charge in [0.1, 0.15) is 11.9 Å². The first-order valence-corrected chi connectivity index (χ1v) is 11.7. The van der Waals surface area contributed by atoms with E-state index in [2.05, 4.69) is 10.4 Å². The maximum absolute atomic E-state index is 13.6. The van der Waals surface area contributed by atoms with Gasteiger partial charge in [-0.1, -0.05) is 0 Å². The summed E-state index contributed by atoms with van der Waals surface area (Å²) < 4.78 is 52.0. The van der Waals surface area contributed by atoms with Crippen molar-refractivity contribution >= 4 is 21.6 Å². The number of nitrogens with zero attached hydrogens (tertiary/aromatic N) is 3. The third-order valence-corrected chi connectivity index (χ3v) is 7.98. The Bertz CT molecular complexity index is 857. The Kier molecular flexibility index (Phi) is 5.09. The van der Waals surface area contributed by atoms with Crippen LogP contribution in [0.2, 0.25) is 0 Å². The molecule has 0 aliphatic carbocycles. The average Bonchev–Trinajstić information content (AvgIpc) is 3.21. The number of piperidine rings is 1. The van der Waals surface area contributed by atoms with Crippen LogP contribution in [-0.2, 0) is 14.6 Å². The van der Waals surface area contributed by atoms with Crippen LogP contribution in [0.3, 0.4) is 0 Å². The molecule has 1 aromatic rings. The molecule has 4 heterocycles. The SMILES string of the molecule is Cc1cc2n(n1)[C@@H](C(F)F)C[C@@H](C1CCCN(C(=O)C3CCS(=O)(=O)C3)C1)N2. The molecule has 7 nitrogen and oxygen atoms in total. The van der Waals surface area contributed by atoms with Crippen LogP contribution in [0, 0.1) is 18.8 Å². The van der Waals surface area contributed by atoms with E-state index in [4.69, 9.17) is 0 Å². The third kappa shape index (κ3) is 3.75. The molecule has 0 radical (unpaired) electrons. The van der Waals surface area contributed by atoms with Crippen LogP contribution < -0.4 is 5.32 Å². The van der Waals surface area contributed by atoms with Gasteiger partial charge in [-0.15, -0.1) is 0 Å². The van der Waals surface area contributed by atoms with Crippen LogP contribution in [0.25, 0.3) is 0 Å². The number of amides is 1. The number of anilines is 1. The van der Waals surface area contributed by atoms with Crippen molar-refractivity contribution in [3.05, 3.63) is 11.8 Å². The first-order chi connectivity index (χ1) is 13.2. The third-order valence-electron chi connectivity index (χ3n) is 6.21. The van der Waals surface area contributed by atoms with Crippen molar-refractivity contribution in [3.63, 3.8) is 0 Å².